The van der Waals surface area contributed by atoms with Crippen LogP contribution in [0.5, 0.6) is 0 Å². The molecule has 21 heavy (non-hydrogen) atoms. The van der Waals surface area contributed by atoms with Crippen molar-refractivity contribution in [3.63, 3.8) is 0 Å². The quantitative estimate of drug-likeness (QED) is 0.693. The second kappa shape index (κ2) is 6.53. The highest BCUT2D eigenvalue weighted by atomic mass is 32.2. The lowest BCUT2D eigenvalue weighted by atomic mass is 10.2. The minimum absolute atomic E-state index is 0.136. The summed E-state index contributed by atoms with van der Waals surface area (Å²) in [6, 6.07) is 6.08. The van der Waals surface area contributed by atoms with Crippen molar-refractivity contribution in [2.45, 2.75) is 12.8 Å². The van der Waals surface area contributed by atoms with E-state index in [1.54, 1.807) is 12.1 Å². The van der Waals surface area contributed by atoms with E-state index < -0.39 is 9.84 Å². The molecule has 0 radical (unpaired) electrons. The van der Waals surface area contributed by atoms with Crippen molar-refractivity contribution in [3.8, 4) is 0 Å². The van der Waals surface area contributed by atoms with Gasteiger partial charge in [-0.1, -0.05) is 0 Å². The van der Waals surface area contributed by atoms with E-state index in [-0.39, 0.29) is 47.4 Å². The molecule has 0 saturated carbocycles. The topological polar surface area (TPSA) is 94.6 Å². The Kier molecular flexibility index (Phi) is 4.74. The summed E-state index contributed by atoms with van der Waals surface area (Å²) in [5.74, 6) is -1.09. The molecule has 2 aromatic rings. The molecule has 0 unspecified atom stereocenters. The Balaban J connectivity index is 1.82. The molecule has 0 atom stereocenters. The summed E-state index contributed by atoms with van der Waals surface area (Å²) in [7, 11) is -3.48. The lowest BCUT2D eigenvalue weighted by Crippen LogP contribution is -2.16. The van der Waals surface area contributed by atoms with Crippen molar-refractivity contribution < 1.29 is 26.8 Å². The van der Waals surface area contributed by atoms with Gasteiger partial charge in [0.15, 0.2) is 32.9 Å². The monoisotopic (exact) mass is 310 g/mol. The molecule has 0 spiro atoms. The summed E-state index contributed by atoms with van der Waals surface area (Å²) in [5.41, 5.74) is 0. The molecule has 0 aromatic carbocycles. The molecule has 0 aliphatic carbocycles. The fraction of sp³-hybridized carbons (Fsp3) is 0.286. The Hall–Kier alpha value is -2.15. The third kappa shape index (κ3) is 4.42. The van der Waals surface area contributed by atoms with E-state index in [0.29, 0.717) is 0 Å². The van der Waals surface area contributed by atoms with Gasteiger partial charge in [0.1, 0.15) is 0 Å². The Morgan fingerprint density at radius 2 is 1.29 bits per heavy atom. The van der Waals surface area contributed by atoms with E-state index in [9.17, 15) is 18.0 Å². The van der Waals surface area contributed by atoms with Gasteiger partial charge in [-0.15, -0.1) is 0 Å². The number of hydrogen-bond acceptors (Lipinski definition) is 6. The lowest BCUT2D eigenvalue weighted by molar-refractivity contribution is 0.0957. The molecule has 2 heterocycles. The van der Waals surface area contributed by atoms with Gasteiger partial charge in [0.25, 0.3) is 0 Å². The Morgan fingerprint density at radius 3 is 1.62 bits per heavy atom. The van der Waals surface area contributed by atoms with Crippen LogP contribution in [0.1, 0.15) is 34.0 Å². The van der Waals surface area contributed by atoms with Crippen LogP contribution in [0.25, 0.3) is 0 Å². The van der Waals surface area contributed by atoms with Gasteiger partial charge in [0.2, 0.25) is 0 Å². The first kappa shape index (κ1) is 15.2. The fourth-order valence-electron chi connectivity index (χ4n) is 1.72. The van der Waals surface area contributed by atoms with Crippen LogP contribution in [0.4, 0.5) is 0 Å². The van der Waals surface area contributed by atoms with Gasteiger partial charge >= 0.3 is 0 Å². The third-order valence-corrected chi connectivity index (χ3v) is 4.52. The standard InChI is InChI=1S/C14H14O6S/c15-11(13-3-1-7-19-13)5-9-21(17,18)10-6-12(16)14-4-2-8-20-14/h1-4,7-8H,5-6,9-10H2. The number of hydrogen-bond donors (Lipinski definition) is 0. The predicted octanol–water partition coefficient (Wildman–Crippen LogP) is 2.13. The highest BCUT2D eigenvalue weighted by Crippen LogP contribution is 2.09. The predicted molar refractivity (Wildman–Crippen MR) is 74.0 cm³/mol. The van der Waals surface area contributed by atoms with Gasteiger partial charge in [0.05, 0.1) is 24.0 Å². The van der Waals surface area contributed by atoms with E-state index >= 15 is 0 Å². The van der Waals surface area contributed by atoms with E-state index in [4.69, 9.17) is 8.83 Å². The number of ketones is 2. The Bertz CT molecular complexity index is 638. The van der Waals surface area contributed by atoms with Crippen LogP contribution in [0.2, 0.25) is 0 Å². The fourth-order valence-corrected chi connectivity index (χ4v) is 2.92. The average Bonchev–Trinajstić information content (AvgIpc) is 3.14. The van der Waals surface area contributed by atoms with Gasteiger partial charge in [-0.3, -0.25) is 9.59 Å². The summed E-state index contributed by atoms with van der Waals surface area (Å²) in [4.78, 5) is 23.3. The second-order valence-electron chi connectivity index (χ2n) is 4.45. The molecule has 6 nitrogen and oxygen atoms in total. The van der Waals surface area contributed by atoms with Gasteiger partial charge in [-0.25, -0.2) is 8.42 Å². The number of sulfone groups is 1. The first-order chi connectivity index (χ1) is 9.98. The Morgan fingerprint density at radius 1 is 0.857 bits per heavy atom. The van der Waals surface area contributed by atoms with Crippen LogP contribution in [0, 0.1) is 0 Å². The van der Waals surface area contributed by atoms with Gasteiger partial charge in [0, 0.05) is 12.8 Å². The van der Waals surface area contributed by atoms with E-state index in [1.165, 1.54) is 24.7 Å². The smallest absolute Gasteiger partial charge is 0.198 e. The van der Waals surface area contributed by atoms with Gasteiger partial charge < -0.3 is 8.83 Å². The second-order valence-corrected chi connectivity index (χ2v) is 6.76. The minimum Gasteiger partial charge on any atom is -0.461 e. The summed E-state index contributed by atoms with van der Waals surface area (Å²) >= 11 is 0. The summed E-state index contributed by atoms with van der Waals surface area (Å²) in [6.45, 7) is 0. The first-order valence-electron chi connectivity index (χ1n) is 6.32. The lowest BCUT2D eigenvalue weighted by Gasteiger charge is -2.02. The van der Waals surface area contributed by atoms with Crippen molar-refractivity contribution in [2.75, 3.05) is 11.5 Å². The third-order valence-electron chi connectivity index (χ3n) is 2.87. The SMILES string of the molecule is O=C(CCS(=O)(=O)CCC(=O)c1ccco1)c1ccco1. The van der Waals surface area contributed by atoms with Crippen molar-refractivity contribution in [2.24, 2.45) is 0 Å². The molecular weight excluding hydrogens is 296 g/mol. The normalized spacial score (nSPS) is 11.4. The maximum absolute atomic E-state index is 11.8. The van der Waals surface area contributed by atoms with Crippen LogP contribution >= 0.6 is 0 Å². The van der Waals surface area contributed by atoms with E-state index in [0.717, 1.165) is 0 Å². The molecule has 2 aromatic heterocycles. The van der Waals surface area contributed by atoms with Gasteiger partial charge in [-0.05, 0) is 24.3 Å². The first-order valence-corrected chi connectivity index (χ1v) is 8.14. The molecule has 0 bridgehead atoms. The van der Waals surface area contributed by atoms with Crippen LogP contribution in [-0.4, -0.2) is 31.5 Å². The molecular formula is C14H14O6S. The largest absolute Gasteiger partial charge is 0.461 e. The summed E-state index contributed by atoms with van der Waals surface area (Å²) in [5, 5.41) is 0. The van der Waals surface area contributed by atoms with Crippen molar-refractivity contribution in [1.82, 2.24) is 0 Å². The maximum Gasteiger partial charge on any atom is 0.198 e. The molecule has 0 N–H and O–H groups in total. The molecule has 0 saturated heterocycles. The number of furan rings is 2. The zero-order valence-electron chi connectivity index (χ0n) is 11.2. The zero-order valence-corrected chi connectivity index (χ0v) is 12.0. The van der Waals surface area contributed by atoms with Crippen molar-refractivity contribution in [1.29, 1.82) is 0 Å². The number of carbonyl (C=O) groups excluding carboxylic acids is 2. The van der Waals surface area contributed by atoms with E-state index in [1.807, 2.05) is 0 Å². The van der Waals surface area contributed by atoms with Crippen molar-refractivity contribution in [3.05, 3.63) is 48.3 Å². The molecule has 0 aliphatic rings. The molecule has 7 heteroatoms. The van der Waals surface area contributed by atoms with Crippen LogP contribution in [0.15, 0.2) is 45.6 Å². The summed E-state index contributed by atoms with van der Waals surface area (Å²) in [6.07, 6.45) is 2.38. The minimum atomic E-state index is -3.48. The molecule has 112 valence electrons. The van der Waals surface area contributed by atoms with Gasteiger partial charge in [-0.2, -0.15) is 0 Å². The number of Topliss-reactive ketones (excluding diaryl/α,β-unsaturated/α-hetero) is 2. The van der Waals surface area contributed by atoms with Crippen LogP contribution in [0.3, 0.4) is 0 Å². The van der Waals surface area contributed by atoms with E-state index in [2.05, 4.69) is 0 Å². The number of rotatable bonds is 8. The highest BCUT2D eigenvalue weighted by molar-refractivity contribution is 7.91. The Labute approximate surface area is 121 Å². The molecule has 2 rings (SSSR count). The van der Waals surface area contributed by atoms with Crippen LogP contribution < -0.4 is 0 Å². The maximum atomic E-state index is 11.8. The zero-order chi connectivity index (χ0) is 15.3. The summed E-state index contributed by atoms with van der Waals surface area (Å²) < 4.78 is 33.4. The van der Waals surface area contributed by atoms with Crippen molar-refractivity contribution >= 4 is 21.4 Å². The highest BCUT2D eigenvalue weighted by Gasteiger charge is 2.19. The average molecular weight is 310 g/mol. The molecule has 0 aliphatic heterocycles. The number of carbonyl (C=O) groups is 2. The molecule has 0 amide bonds. The molecule has 0 fully saturated rings. The van der Waals surface area contributed by atoms with Crippen LogP contribution in [-0.2, 0) is 9.84 Å².